The van der Waals surface area contributed by atoms with Gasteiger partial charge >= 0.3 is 11.9 Å². The van der Waals surface area contributed by atoms with Crippen LogP contribution in [-0.2, 0) is 14.3 Å². The number of allylic oxidation sites excluding steroid dienone is 1. The Labute approximate surface area is 169 Å². The molecule has 0 aliphatic carbocycles. The van der Waals surface area contributed by atoms with Crippen molar-refractivity contribution in [2.45, 2.75) is 71.1 Å². The number of hydrogen-bond acceptors (Lipinski definition) is 5. The molecule has 0 saturated carbocycles. The quantitative estimate of drug-likeness (QED) is 0.168. The number of rotatable bonds is 15. The molecule has 0 aliphatic rings. The highest BCUT2D eigenvalue weighted by atomic mass is 16.5. The third-order valence-corrected chi connectivity index (χ3v) is 4.29. The van der Waals surface area contributed by atoms with E-state index in [1.807, 2.05) is 6.08 Å². The van der Waals surface area contributed by atoms with Crippen molar-refractivity contribution in [2.24, 2.45) is 0 Å². The number of unbranched alkanes of at least 4 members (excludes halogenated alkanes) is 7. The van der Waals surface area contributed by atoms with E-state index in [0.717, 1.165) is 6.42 Å². The first-order valence-electron chi connectivity index (χ1n) is 10.3. The van der Waals surface area contributed by atoms with E-state index in [9.17, 15) is 9.59 Å². The van der Waals surface area contributed by atoms with Crippen LogP contribution in [0.2, 0.25) is 0 Å². The van der Waals surface area contributed by atoms with Crippen molar-refractivity contribution in [1.82, 2.24) is 0 Å². The van der Waals surface area contributed by atoms with Gasteiger partial charge in [0.1, 0.15) is 18.1 Å². The van der Waals surface area contributed by atoms with Gasteiger partial charge in [-0.15, -0.1) is 0 Å². The van der Waals surface area contributed by atoms with Gasteiger partial charge in [0.05, 0.1) is 20.0 Å². The number of ether oxygens (including phenoxy) is 3. The zero-order valence-electron chi connectivity index (χ0n) is 17.3. The highest BCUT2D eigenvalue weighted by Crippen LogP contribution is 2.19. The summed E-state index contributed by atoms with van der Waals surface area (Å²) in [6.07, 6.45) is 13.9. The lowest BCUT2D eigenvalue weighted by Gasteiger charge is -2.06. The molecule has 1 aromatic rings. The largest absolute Gasteiger partial charge is 0.497 e. The molecule has 0 saturated heterocycles. The van der Waals surface area contributed by atoms with Crippen LogP contribution in [-0.4, -0.2) is 25.7 Å². The summed E-state index contributed by atoms with van der Waals surface area (Å²) < 4.78 is 15.3. The van der Waals surface area contributed by atoms with E-state index in [0.29, 0.717) is 11.5 Å². The Bertz CT molecular complexity index is 594. The number of benzene rings is 1. The van der Waals surface area contributed by atoms with E-state index < -0.39 is 11.9 Å². The second-order valence-corrected chi connectivity index (χ2v) is 6.72. The van der Waals surface area contributed by atoms with Crippen LogP contribution in [0.1, 0.15) is 71.1 Å². The summed E-state index contributed by atoms with van der Waals surface area (Å²) >= 11 is 0. The van der Waals surface area contributed by atoms with Crippen LogP contribution in [0.4, 0.5) is 0 Å². The highest BCUT2D eigenvalue weighted by molar-refractivity contribution is 5.79. The second kappa shape index (κ2) is 15.7. The van der Waals surface area contributed by atoms with E-state index in [2.05, 4.69) is 13.0 Å². The van der Waals surface area contributed by atoms with Gasteiger partial charge in [0.25, 0.3) is 0 Å². The molecule has 0 spiro atoms. The van der Waals surface area contributed by atoms with Crippen molar-refractivity contribution >= 4 is 11.9 Å². The molecule has 0 aliphatic heterocycles. The number of esters is 2. The fourth-order valence-electron chi connectivity index (χ4n) is 2.67. The topological polar surface area (TPSA) is 61.8 Å². The smallest absolute Gasteiger partial charge is 0.311 e. The Morgan fingerprint density at radius 1 is 0.893 bits per heavy atom. The summed E-state index contributed by atoms with van der Waals surface area (Å²) in [7, 11) is 1.54. The van der Waals surface area contributed by atoms with E-state index in [4.69, 9.17) is 14.2 Å². The Kier molecular flexibility index (Phi) is 13.3. The first-order chi connectivity index (χ1) is 13.7. The molecule has 1 rings (SSSR count). The van der Waals surface area contributed by atoms with E-state index in [-0.39, 0.29) is 19.4 Å². The molecule has 0 amide bonds. The first-order valence-corrected chi connectivity index (χ1v) is 10.3. The average molecular weight is 391 g/mol. The van der Waals surface area contributed by atoms with Crippen LogP contribution in [0.5, 0.6) is 11.5 Å². The maximum atomic E-state index is 11.8. The molecule has 0 atom stereocenters. The van der Waals surface area contributed by atoms with Crippen molar-refractivity contribution in [2.75, 3.05) is 13.7 Å². The van der Waals surface area contributed by atoms with Crippen molar-refractivity contribution in [3.8, 4) is 11.5 Å². The summed E-state index contributed by atoms with van der Waals surface area (Å²) in [5.74, 6) is 0.127. The fourth-order valence-corrected chi connectivity index (χ4v) is 2.67. The zero-order chi connectivity index (χ0) is 20.5. The van der Waals surface area contributed by atoms with Gasteiger partial charge in [-0.1, -0.05) is 63.7 Å². The maximum Gasteiger partial charge on any atom is 0.311 e. The molecule has 0 N–H and O–H groups in total. The van der Waals surface area contributed by atoms with Crippen molar-refractivity contribution in [3.05, 3.63) is 36.4 Å². The minimum absolute atomic E-state index is 0.00834. The maximum absolute atomic E-state index is 11.8. The summed E-state index contributed by atoms with van der Waals surface area (Å²) in [4.78, 5) is 23.5. The monoisotopic (exact) mass is 390 g/mol. The average Bonchev–Trinajstić information content (AvgIpc) is 2.70. The zero-order valence-corrected chi connectivity index (χ0v) is 17.3. The third kappa shape index (κ3) is 12.2. The van der Waals surface area contributed by atoms with Gasteiger partial charge in [-0.05, 0) is 25.0 Å². The third-order valence-electron chi connectivity index (χ3n) is 4.29. The number of carbonyl (C=O) groups excluding carboxylic acids is 2. The second-order valence-electron chi connectivity index (χ2n) is 6.72. The van der Waals surface area contributed by atoms with Gasteiger partial charge < -0.3 is 14.2 Å². The van der Waals surface area contributed by atoms with Crippen LogP contribution in [0, 0.1) is 0 Å². The normalized spacial score (nSPS) is 10.8. The molecule has 0 fully saturated rings. The SMILES string of the molecule is CCCCCCCCC/C=C/COC(=O)CCC(=O)Oc1cccc(OC)c1. The van der Waals surface area contributed by atoms with Crippen molar-refractivity contribution < 1.29 is 23.8 Å². The Morgan fingerprint density at radius 3 is 2.32 bits per heavy atom. The molecule has 0 unspecified atom stereocenters. The predicted octanol–water partition coefficient (Wildman–Crippen LogP) is 5.62. The molecule has 0 aromatic heterocycles. The van der Waals surface area contributed by atoms with Crippen molar-refractivity contribution in [1.29, 1.82) is 0 Å². The van der Waals surface area contributed by atoms with Gasteiger partial charge in [0.2, 0.25) is 0 Å². The summed E-state index contributed by atoms with van der Waals surface area (Å²) in [6, 6.07) is 6.77. The van der Waals surface area contributed by atoms with Gasteiger partial charge in [0.15, 0.2) is 0 Å². The molecule has 5 heteroatoms. The molecule has 0 radical (unpaired) electrons. The number of hydrogen-bond donors (Lipinski definition) is 0. The fraction of sp³-hybridized carbons (Fsp3) is 0.565. The van der Waals surface area contributed by atoms with Gasteiger partial charge in [-0.25, -0.2) is 0 Å². The summed E-state index contributed by atoms with van der Waals surface area (Å²) in [5, 5.41) is 0. The van der Waals surface area contributed by atoms with Crippen LogP contribution >= 0.6 is 0 Å². The molecular formula is C23H34O5. The Balaban J connectivity index is 2.04. The number of carbonyl (C=O) groups is 2. The standard InChI is InChI=1S/C23H34O5/c1-3-4-5-6-7-8-9-10-11-12-18-27-22(24)16-17-23(25)28-21-15-13-14-20(19-21)26-2/h11-15,19H,3-10,16-18H2,1-2H3/b12-11+. The van der Waals surface area contributed by atoms with Crippen LogP contribution in [0.25, 0.3) is 0 Å². The molecule has 0 heterocycles. The minimum Gasteiger partial charge on any atom is -0.497 e. The first kappa shape index (κ1) is 23.7. The van der Waals surface area contributed by atoms with Gasteiger partial charge in [0, 0.05) is 6.07 Å². The van der Waals surface area contributed by atoms with E-state index >= 15 is 0 Å². The van der Waals surface area contributed by atoms with E-state index in [1.54, 1.807) is 31.4 Å². The van der Waals surface area contributed by atoms with Gasteiger partial charge in [-0.3, -0.25) is 9.59 Å². The van der Waals surface area contributed by atoms with E-state index in [1.165, 1.54) is 44.9 Å². The van der Waals surface area contributed by atoms with Crippen LogP contribution in [0.3, 0.4) is 0 Å². The molecule has 5 nitrogen and oxygen atoms in total. The molecule has 0 bridgehead atoms. The predicted molar refractivity (Wildman–Crippen MR) is 111 cm³/mol. The van der Waals surface area contributed by atoms with Gasteiger partial charge in [-0.2, -0.15) is 0 Å². The number of methoxy groups -OCH3 is 1. The summed E-state index contributed by atoms with van der Waals surface area (Å²) in [5.41, 5.74) is 0. The molecule has 28 heavy (non-hydrogen) atoms. The Morgan fingerprint density at radius 2 is 1.57 bits per heavy atom. The molecular weight excluding hydrogens is 356 g/mol. The van der Waals surface area contributed by atoms with Crippen LogP contribution in [0.15, 0.2) is 36.4 Å². The lowest BCUT2D eigenvalue weighted by molar-refractivity contribution is -0.145. The minimum atomic E-state index is -0.473. The summed E-state index contributed by atoms with van der Waals surface area (Å²) in [6.45, 7) is 2.48. The highest BCUT2D eigenvalue weighted by Gasteiger charge is 2.10. The Hall–Kier alpha value is -2.30. The lowest BCUT2D eigenvalue weighted by Crippen LogP contribution is -2.12. The van der Waals surface area contributed by atoms with Crippen LogP contribution < -0.4 is 9.47 Å². The molecule has 156 valence electrons. The molecule has 1 aromatic carbocycles. The lowest BCUT2D eigenvalue weighted by atomic mass is 10.1. The van der Waals surface area contributed by atoms with Crippen molar-refractivity contribution in [3.63, 3.8) is 0 Å².